The largest absolute Gasteiger partial charge is 0.494 e. The Bertz CT molecular complexity index is 418. The van der Waals surface area contributed by atoms with Crippen LogP contribution in [0.4, 0.5) is 0 Å². The van der Waals surface area contributed by atoms with Crippen molar-refractivity contribution in [3.05, 3.63) is 29.8 Å². The number of hydrogen-bond acceptors (Lipinski definition) is 3. The zero-order valence-electron chi connectivity index (χ0n) is 13.7. The van der Waals surface area contributed by atoms with Crippen LogP contribution in [0.3, 0.4) is 0 Å². The van der Waals surface area contributed by atoms with Crippen molar-refractivity contribution in [2.75, 3.05) is 19.8 Å². The van der Waals surface area contributed by atoms with Crippen LogP contribution in [0.5, 0.6) is 5.75 Å². The summed E-state index contributed by atoms with van der Waals surface area (Å²) in [7, 11) is 0. The monoisotopic (exact) mass is 291 g/mol. The van der Waals surface area contributed by atoms with E-state index >= 15 is 0 Å². The molecule has 1 saturated heterocycles. The maximum atomic E-state index is 6.10. The molecule has 1 aliphatic heterocycles. The molecule has 21 heavy (non-hydrogen) atoms. The number of ether oxygens (including phenoxy) is 2. The Kier molecular flexibility index (Phi) is 6.07. The van der Waals surface area contributed by atoms with E-state index in [1.807, 2.05) is 0 Å². The second-order valence-corrected chi connectivity index (χ2v) is 6.10. The van der Waals surface area contributed by atoms with Crippen molar-refractivity contribution in [1.29, 1.82) is 0 Å². The molecule has 1 aromatic rings. The highest BCUT2D eigenvalue weighted by atomic mass is 16.5. The van der Waals surface area contributed by atoms with Gasteiger partial charge in [-0.1, -0.05) is 26.0 Å². The zero-order valence-corrected chi connectivity index (χ0v) is 13.7. The van der Waals surface area contributed by atoms with Gasteiger partial charge in [-0.15, -0.1) is 0 Å². The summed E-state index contributed by atoms with van der Waals surface area (Å²) in [6.45, 7) is 9.22. The van der Waals surface area contributed by atoms with Crippen LogP contribution in [0.15, 0.2) is 24.3 Å². The first kappa shape index (κ1) is 16.3. The molecule has 1 N–H and O–H groups in total. The minimum atomic E-state index is -0.188. The van der Waals surface area contributed by atoms with Crippen LogP contribution in [0.25, 0.3) is 0 Å². The fourth-order valence-corrected chi connectivity index (χ4v) is 2.91. The summed E-state index contributed by atoms with van der Waals surface area (Å²) in [6.07, 6.45) is 4.35. The Morgan fingerprint density at radius 3 is 2.67 bits per heavy atom. The number of benzene rings is 1. The maximum Gasteiger partial charge on any atom is 0.119 e. The Hall–Kier alpha value is -1.06. The van der Waals surface area contributed by atoms with E-state index in [0.29, 0.717) is 6.04 Å². The number of hydrogen-bond donors (Lipinski definition) is 1. The first-order valence-corrected chi connectivity index (χ1v) is 8.28. The lowest BCUT2D eigenvalue weighted by Crippen LogP contribution is -2.44. The quantitative estimate of drug-likeness (QED) is 0.827. The van der Waals surface area contributed by atoms with Crippen LogP contribution in [-0.4, -0.2) is 25.8 Å². The summed E-state index contributed by atoms with van der Waals surface area (Å²) >= 11 is 0. The molecular weight excluding hydrogens is 262 g/mol. The van der Waals surface area contributed by atoms with Crippen LogP contribution in [0.1, 0.15) is 52.0 Å². The van der Waals surface area contributed by atoms with Crippen molar-refractivity contribution in [1.82, 2.24) is 5.32 Å². The van der Waals surface area contributed by atoms with E-state index in [1.54, 1.807) is 0 Å². The van der Waals surface area contributed by atoms with Crippen LogP contribution in [-0.2, 0) is 10.3 Å². The fraction of sp³-hybridized carbons (Fsp3) is 0.667. The molecule has 1 aliphatic rings. The second kappa shape index (κ2) is 7.81. The summed E-state index contributed by atoms with van der Waals surface area (Å²) in [4.78, 5) is 0. The van der Waals surface area contributed by atoms with Gasteiger partial charge in [-0.25, -0.2) is 0 Å². The standard InChI is InChI=1S/C18H29NO2/c1-4-11-19-16-10-13-21-18(3,14-16)15-6-8-17(9-7-15)20-12-5-2/h6-9,16,19H,4-5,10-14H2,1-3H3. The maximum absolute atomic E-state index is 6.10. The molecule has 0 aliphatic carbocycles. The van der Waals surface area contributed by atoms with E-state index in [4.69, 9.17) is 9.47 Å². The van der Waals surface area contributed by atoms with Crippen molar-refractivity contribution >= 4 is 0 Å². The number of rotatable bonds is 7. The van der Waals surface area contributed by atoms with Gasteiger partial charge in [-0.3, -0.25) is 0 Å². The molecule has 2 atom stereocenters. The number of nitrogens with one attached hydrogen (secondary N) is 1. The third-order valence-corrected chi connectivity index (χ3v) is 4.14. The zero-order chi connectivity index (χ0) is 15.1. The summed E-state index contributed by atoms with van der Waals surface area (Å²) in [6, 6.07) is 8.96. The van der Waals surface area contributed by atoms with Crippen molar-refractivity contribution in [2.45, 2.75) is 58.1 Å². The van der Waals surface area contributed by atoms with E-state index in [0.717, 1.165) is 44.8 Å². The molecule has 0 bridgehead atoms. The van der Waals surface area contributed by atoms with E-state index < -0.39 is 0 Å². The van der Waals surface area contributed by atoms with Gasteiger partial charge in [-0.05, 0) is 56.8 Å². The topological polar surface area (TPSA) is 30.5 Å². The van der Waals surface area contributed by atoms with Gasteiger partial charge in [0.1, 0.15) is 5.75 Å². The highest BCUT2D eigenvalue weighted by Gasteiger charge is 2.34. The summed E-state index contributed by atoms with van der Waals surface area (Å²) in [5.41, 5.74) is 1.06. The molecule has 0 radical (unpaired) electrons. The summed E-state index contributed by atoms with van der Waals surface area (Å²) in [5.74, 6) is 0.945. The molecular formula is C18H29NO2. The Labute approximate surface area is 129 Å². The SMILES string of the molecule is CCCNC1CCOC(C)(c2ccc(OCCC)cc2)C1. The summed E-state index contributed by atoms with van der Waals surface area (Å²) in [5, 5.41) is 3.63. The van der Waals surface area contributed by atoms with Crippen molar-refractivity contribution < 1.29 is 9.47 Å². The highest BCUT2D eigenvalue weighted by Crippen LogP contribution is 2.35. The smallest absolute Gasteiger partial charge is 0.119 e. The minimum Gasteiger partial charge on any atom is -0.494 e. The van der Waals surface area contributed by atoms with Gasteiger partial charge in [0.05, 0.1) is 12.2 Å². The average molecular weight is 291 g/mol. The van der Waals surface area contributed by atoms with Crippen molar-refractivity contribution in [3.8, 4) is 5.75 Å². The molecule has 1 heterocycles. The van der Waals surface area contributed by atoms with Gasteiger partial charge < -0.3 is 14.8 Å². The first-order chi connectivity index (χ1) is 10.2. The van der Waals surface area contributed by atoms with Gasteiger partial charge in [-0.2, -0.15) is 0 Å². The molecule has 3 heteroatoms. The molecule has 2 rings (SSSR count). The van der Waals surface area contributed by atoms with Crippen LogP contribution in [0, 0.1) is 0 Å². The molecule has 2 unspecified atom stereocenters. The molecule has 0 amide bonds. The minimum absolute atomic E-state index is 0.188. The second-order valence-electron chi connectivity index (χ2n) is 6.10. The lowest BCUT2D eigenvalue weighted by Gasteiger charge is -2.39. The summed E-state index contributed by atoms with van der Waals surface area (Å²) < 4.78 is 11.8. The van der Waals surface area contributed by atoms with Gasteiger partial charge >= 0.3 is 0 Å². The molecule has 0 saturated carbocycles. The molecule has 1 fully saturated rings. The van der Waals surface area contributed by atoms with Crippen LogP contribution >= 0.6 is 0 Å². The van der Waals surface area contributed by atoms with Gasteiger partial charge in [0.15, 0.2) is 0 Å². The molecule has 0 spiro atoms. The van der Waals surface area contributed by atoms with E-state index in [-0.39, 0.29) is 5.60 Å². The van der Waals surface area contributed by atoms with Gasteiger partial charge in [0.25, 0.3) is 0 Å². The third-order valence-electron chi connectivity index (χ3n) is 4.14. The predicted molar refractivity (Wildman–Crippen MR) is 86.8 cm³/mol. The van der Waals surface area contributed by atoms with Crippen LogP contribution < -0.4 is 10.1 Å². The first-order valence-electron chi connectivity index (χ1n) is 8.28. The van der Waals surface area contributed by atoms with E-state index in [9.17, 15) is 0 Å². The molecule has 3 nitrogen and oxygen atoms in total. The van der Waals surface area contributed by atoms with E-state index in [1.165, 1.54) is 12.0 Å². The Balaban J connectivity index is 2.01. The fourth-order valence-electron chi connectivity index (χ4n) is 2.91. The highest BCUT2D eigenvalue weighted by molar-refractivity contribution is 5.31. The molecule has 118 valence electrons. The third kappa shape index (κ3) is 4.45. The van der Waals surface area contributed by atoms with Crippen LogP contribution in [0.2, 0.25) is 0 Å². The molecule has 1 aromatic carbocycles. The Morgan fingerprint density at radius 1 is 1.24 bits per heavy atom. The molecule has 0 aromatic heterocycles. The van der Waals surface area contributed by atoms with E-state index in [2.05, 4.69) is 50.4 Å². The van der Waals surface area contributed by atoms with Crippen molar-refractivity contribution in [2.24, 2.45) is 0 Å². The van der Waals surface area contributed by atoms with Gasteiger partial charge in [0, 0.05) is 12.6 Å². The lowest BCUT2D eigenvalue weighted by atomic mass is 9.85. The average Bonchev–Trinajstić information content (AvgIpc) is 2.51. The lowest BCUT2D eigenvalue weighted by molar-refractivity contribution is -0.0812. The van der Waals surface area contributed by atoms with Gasteiger partial charge in [0.2, 0.25) is 0 Å². The normalized spacial score (nSPS) is 25.8. The predicted octanol–water partition coefficient (Wildman–Crippen LogP) is 3.87. The Morgan fingerprint density at radius 2 is 2.00 bits per heavy atom. The van der Waals surface area contributed by atoms with Crippen molar-refractivity contribution in [3.63, 3.8) is 0 Å².